The van der Waals surface area contributed by atoms with Gasteiger partial charge in [-0.3, -0.25) is 9.59 Å². The number of benzene rings is 3. The lowest BCUT2D eigenvalue weighted by Gasteiger charge is -2.16. The number of nitrogens with zero attached hydrogens (tertiary/aromatic N) is 1. The highest BCUT2D eigenvalue weighted by molar-refractivity contribution is 7.91. The van der Waals surface area contributed by atoms with Crippen molar-refractivity contribution in [1.29, 1.82) is 0 Å². The summed E-state index contributed by atoms with van der Waals surface area (Å²) in [6, 6.07) is 19.4. The third-order valence-electron chi connectivity index (χ3n) is 5.80. The van der Waals surface area contributed by atoms with Gasteiger partial charge in [-0.1, -0.05) is 41.9 Å². The molecular formula is C28H31ClN2O6S. The second-order valence-electron chi connectivity index (χ2n) is 8.67. The van der Waals surface area contributed by atoms with Crippen molar-refractivity contribution >= 4 is 33.3 Å². The van der Waals surface area contributed by atoms with Crippen molar-refractivity contribution in [2.24, 2.45) is 0 Å². The number of carbonyl (C=O) groups is 2. The molecule has 1 atom stereocenters. The minimum Gasteiger partial charge on any atom is -0.465 e. The second-order valence-corrected chi connectivity index (χ2v) is 11.1. The molecular weight excluding hydrogens is 528 g/mol. The number of sulfone groups is 1. The number of carbonyl (C=O) groups excluding carboxylic acids is 2. The highest BCUT2D eigenvalue weighted by Crippen LogP contribution is 2.23. The first-order valence-electron chi connectivity index (χ1n) is 12.1. The number of ether oxygens (including phenoxy) is 1. The first kappa shape index (κ1) is 29.3. The van der Waals surface area contributed by atoms with E-state index in [4.69, 9.17) is 16.3 Å². The third-order valence-corrected chi connectivity index (χ3v) is 7.81. The molecule has 0 aliphatic heterocycles. The number of nitrogens with one attached hydrogen (secondary N) is 1. The molecule has 0 bridgehead atoms. The summed E-state index contributed by atoms with van der Waals surface area (Å²) >= 11 is 5.97. The van der Waals surface area contributed by atoms with Gasteiger partial charge in [0.25, 0.3) is 5.91 Å². The predicted molar refractivity (Wildman–Crippen MR) is 145 cm³/mol. The number of aliphatic hydroxyl groups is 1. The van der Waals surface area contributed by atoms with E-state index >= 15 is 0 Å². The Kier molecular flexibility index (Phi) is 10.4. The number of hydrogen-bond acceptors (Lipinski definition) is 7. The summed E-state index contributed by atoms with van der Waals surface area (Å²) in [5, 5.41) is 14.0. The quantitative estimate of drug-likeness (QED) is 0.257. The first-order chi connectivity index (χ1) is 18.1. The molecule has 0 spiro atoms. The maximum Gasteiger partial charge on any atom is 0.325 e. The molecule has 0 heterocycles. The zero-order valence-corrected chi connectivity index (χ0v) is 22.8. The molecule has 0 fully saturated rings. The van der Waals surface area contributed by atoms with Gasteiger partial charge in [0.15, 0.2) is 0 Å². The van der Waals surface area contributed by atoms with Crippen molar-refractivity contribution < 1.29 is 27.9 Å². The number of likely N-dealkylation sites (N-methyl/N-ethyl adjacent to an activating group) is 1. The first-order valence-corrected chi connectivity index (χ1v) is 14.0. The van der Waals surface area contributed by atoms with E-state index in [1.807, 2.05) is 6.07 Å². The van der Waals surface area contributed by atoms with Crippen LogP contribution in [0.5, 0.6) is 0 Å². The van der Waals surface area contributed by atoms with Gasteiger partial charge in [0.05, 0.1) is 22.5 Å². The number of esters is 1. The lowest BCUT2D eigenvalue weighted by molar-refractivity contribution is -0.143. The van der Waals surface area contributed by atoms with Crippen molar-refractivity contribution in [1.82, 2.24) is 10.2 Å². The Bertz CT molecular complexity index is 1360. The summed E-state index contributed by atoms with van der Waals surface area (Å²) in [6.07, 6.45) is -0.0480. The van der Waals surface area contributed by atoms with E-state index in [0.717, 1.165) is 11.1 Å². The lowest BCUT2D eigenvalue weighted by Crippen LogP contribution is -2.33. The van der Waals surface area contributed by atoms with Crippen LogP contribution in [-0.2, 0) is 25.8 Å². The van der Waals surface area contributed by atoms with Crippen LogP contribution in [0.4, 0.5) is 0 Å². The van der Waals surface area contributed by atoms with E-state index in [2.05, 4.69) is 5.32 Å². The number of amides is 1. The number of hydrogen-bond donors (Lipinski definition) is 2. The Morgan fingerprint density at radius 2 is 1.74 bits per heavy atom. The van der Waals surface area contributed by atoms with Crippen LogP contribution < -0.4 is 5.32 Å². The van der Waals surface area contributed by atoms with Crippen LogP contribution in [0.3, 0.4) is 0 Å². The van der Waals surface area contributed by atoms with Crippen LogP contribution >= 0.6 is 11.6 Å². The molecule has 0 aromatic heterocycles. The molecule has 2 N–H and O–H groups in total. The highest BCUT2D eigenvalue weighted by Gasteiger charge is 2.21. The van der Waals surface area contributed by atoms with Gasteiger partial charge in [0.2, 0.25) is 9.84 Å². The molecule has 0 aliphatic carbocycles. The molecule has 1 amide bonds. The van der Waals surface area contributed by atoms with Crippen molar-refractivity contribution in [3.05, 3.63) is 94.5 Å². The second kappa shape index (κ2) is 13.5. The number of halogens is 1. The monoisotopic (exact) mass is 558 g/mol. The van der Waals surface area contributed by atoms with Crippen molar-refractivity contribution in [2.45, 2.75) is 29.2 Å². The van der Waals surface area contributed by atoms with Crippen molar-refractivity contribution in [2.75, 3.05) is 33.3 Å². The summed E-state index contributed by atoms with van der Waals surface area (Å²) in [4.78, 5) is 25.7. The van der Waals surface area contributed by atoms with E-state index in [1.54, 1.807) is 37.3 Å². The van der Waals surface area contributed by atoms with Gasteiger partial charge in [-0.05, 0) is 73.5 Å². The molecule has 3 rings (SSSR count). The topological polar surface area (TPSA) is 113 Å². The fourth-order valence-electron chi connectivity index (χ4n) is 3.76. The van der Waals surface area contributed by atoms with Gasteiger partial charge in [0.1, 0.15) is 6.54 Å². The van der Waals surface area contributed by atoms with Crippen LogP contribution in [0.15, 0.2) is 82.6 Å². The molecule has 10 heteroatoms. The fraction of sp³-hybridized carbons (Fsp3) is 0.286. The van der Waals surface area contributed by atoms with E-state index in [-0.39, 0.29) is 28.5 Å². The average molecular weight is 559 g/mol. The average Bonchev–Trinajstić information content (AvgIpc) is 2.91. The Morgan fingerprint density at radius 1 is 1.03 bits per heavy atom. The van der Waals surface area contributed by atoms with Crippen LogP contribution in [-0.4, -0.2) is 63.6 Å². The molecule has 0 unspecified atom stereocenters. The molecule has 3 aromatic carbocycles. The Morgan fingerprint density at radius 3 is 2.42 bits per heavy atom. The van der Waals surface area contributed by atoms with Crippen molar-refractivity contribution in [3.63, 3.8) is 0 Å². The summed E-state index contributed by atoms with van der Waals surface area (Å²) in [5.74, 6) is -1.03. The van der Waals surface area contributed by atoms with E-state index in [0.29, 0.717) is 24.5 Å². The number of rotatable bonds is 12. The zero-order valence-electron chi connectivity index (χ0n) is 21.3. The maximum absolute atomic E-state index is 13.2. The van der Waals surface area contributed by atoms with Gasteiger partial charge >= 0.3 is 5.97 Å². The molecule has 0 radical (unpaired) electrons. The zero-order chi connectivity index (χ0) is 27.7. The normalized spacial score (nSPS) is 12.1. The maximum atomic E-state index is 13.2. The van der Waals surface area contributed by atoms with E-state index in [9.17, 15) is 23.1 Å². The smallest absolute Gasteiger partial charge is 0.325 e. The van der Waals surface area contributed by atoms with Gasteiger partial charge < -0.3 is 20.1 Å². The molecule has 202 valence electrons. The van der Waals surface area contributed by atoms with Crippen LogP contribution in [0.2, 0.25) is 5.02 Å². The Hall–Kier alpha value is -3.24. The predicted octanol–water partition coefficient (Wildman–Crippen LogP) is 3.67. The minimum atomic E-state index is -3.86. The molecule has 3 aromatic rings. The van der Waals surface area contributed by atoms with Gasteiger partial charge in [-0.15, -0.1) is 0 Å². The van der Waals surface area contributed by atoms with Crippen LogP contribution in [0.25, 0.3) is 0 Å². The minimum absolute atomic E-state index is 0.0164. The summed E-state index contributed by atoms with van der Waals surface area (Å²) < 4.78 is 31.3. The highest BCUT2D eigenvalue weighted by atomic mass is 35.5. The van der Waals surface area contributed by atoms with E-state index < -0.39 is 27.8 Å². The molecule has 0 saturated carbocycles. The molecule has 0 saturated heterocycles. The number of aliphatic hydroxyl groups excluding tert-OH is 1. The molecule has 0 aliphatic rings. The largest absolute Gasteiger partial charge is 0.465 e. The SMILES string of the molecule is CCOC(=O)CN(C)C(=O)c1cccc(S(=O)(=O)c2ccc(CCNC[C@H](O)c3cccc(Cl)c3)cc2)c1. The fourth-order valence-corrected chi connectivity index (χ4v) is 5.27. The van der Waals surface area contributed by atoms with Crippen LogP contribution in [0, 0.1) is 0 Å². The summed E-state index contributed by atoms with van der Waals surface area (Å²) in [6.45, 7) is 2.59. The van der Waals surface area contributed by atoms with Gasteiger partial charge in [-0.25, -0.2) is 8.42 Å². The lowest BCUT2D eigenvalue weighted by atomic mass is 10.1. The Labute approximate surface area is 228 Å². The Balaban J connectivity index is 1.59. The van der Waals surface area contributed by atoms with Crippen molar-refractivity contribution in [3.8, 4) is 0 Å². The summed E-state index contributed by atoms with van der Waals surface area (Å²) in [5.41, 5.74) is 1.81. The standard InChI is InChI=1S/C28H31ClN2O6S/c1-3-37-27(33)19-31(2)28(34)22-7-5-9-25(17-22)38(35,36)24-12-10-20(11-13-24)14-15-30-18-26(32)21-6-4-8-23(29)16-21/h4-13,16-17,26,30,32H,3,14-15,18-19H2,1-2H3/t26-/m0/s1. The summed E-state index contributed by atoms with van der Waals surface area (Å²) in [7, 11) is -2.41. The molecule has 8 nitrogen and oxygen atoms in total. The van der Waals surface area contributed by atoms with E-state index in [1.165, 1.54) is 48.3 Å². The van der Waals surface area contributed by atoms with Crippen LogP contribution in [0.1, 0.15) is 34.5 Å². The molecule has 38 heavy (non-hydrogen) atoms. The van der Waals surface area contributed by atoms with Gasteiger partial charge in [-0.2, -0.15) is 0 Å². The third kappa shape index (κ3) is 7.88. The van der Waals surface area contributed by atoms with Gasteiger partial charge in [0, 0.05) is 24.2 Å².